The molecule has 29 heavy (non-hydrogen) atoms. The summed E-state index contributed by atoms with van der Waals surface area (Å²) in [4.78, 5) is 34.9. The van der Waals surface area contributed by atoms with Gasteiger partial charge in [0.2, 0.25) is 5.91 Å². The first-order valence-corrected chi connectivity index (χ1v) is 9.57. The number of benzene rings is 1. The van der Waals surface area contributed by atoms with Crippen molar-refractivity contribution in [2.45, 2.75) is 6.92 Å². The van der Waals surface area contributed by atoms with E-state index in [9.17, 15) is 9.59 Å². The number of aromatic nitrogens is 2. The number of carbonyl (C=O) groups excluding carboxylic acids is 2. The van der Waals surface area contributed by atoms with E-state index in [0.29, 0.717) is 0 Å². The van der Waals surface area contributed by atoms with E-state index in [1.54, 1.807) is 13.0 Å². The number of nitrogens with zero attached hydrogens (tertiary/aromatic N) is 3. The smallest absolute Gasteiger partial charge is 0.241 e. The lowest BCUT2D eigenvalue weighted by molar-refractivity contribution is -0.113. The highest BCUT2D eigenvalue weighted by Gasteiger charge is 2.19. The van der Waals surface area contributed by atoms with Crippen LogP contribution in [0.4, 0.5) is 11.4 Å². The molecule has 1 aliphatic rings. The van der Waals surface area contributed by atoms with Crippen molar-refractivity contribution in [3.63, 3.8) is 0 Å². The van der Waals surface area contributed by atoms with Crippen molar-refractivity contribution in [3.8, 4) is 0 Å². The molecular formula is C22H23N5O2. The number of aromatic amines is 1. The van der Waals surface area contributed by atoms with Gasteiger partial charge in [-0.1, -0.05) is 12.1 Å². The number of ketones is 1. The highest BCUT2D eigenvalue weighted by atomic mass is 16.1. The monoisotopic (exact) mass is 389 g/mol. The van der Waals surface area contributed by atoms with Crippen LogP contribution in [0.25, 0.3) is 17.1 Å². The number of pyridine rings is 1. The van der Waals surface area contributed by atoms with E-state index in [1.807, 2.05) is 36.7 Å². The van der Waals surface area contributed by atoms with Crippen LogP contribution in [-0.2, 0) is 4.79 Å². The number of fused-ring (bicyclic) bond motifs is 1. The zero-order valence-electron chi connectivity index (χ0n) is 16.3. The lowest BCUT2D eigenvalue weighted by Crippen LogP contribution is -2.46. The van der Waals surface area contributed by atoms with Crippen LogP contribution in [0.3, 0.4) is 0 Å². The molecule has 0 spiro atoms. The number of carbonyl (C=O) groups is 2. The van der Waals surface area contributed by atoms with Gasteiger partial charge in [-0.2, -0.15) is 0 Å². The van der Waals surface area contributed by atoms with Gasteiger partial charge in [0.15, 0.2) is 5.78 Å². The third-order valence-electron chi connectivity index (χ3n) is 5.24. The van der Waals surface area contributed by atoms with Crippen LogP contribution in [0.2, 0.25) is 0 Å². The molecule has 148 valence electrons. The molecule has 3 heterocycles. The number of amides is 1. The minimum Gasteiger partial charge on any atom is -0.368 e. The largest absolute Gasteiger partial charge is 0.368 e. The lowest BCUT2D eigenvalue weighted by atomic mass is 10.1. The number of piperazine rings is 1. The summed E-state index contributed by atoms with van der Waals surface area (Å²) in [6.07, 6.45) is 6.74. The second kappa shape index (κ2) is 7.79. The molecule has 3 aromatic rings. The van der Waals surface area contributed by atoms with Gasteiger partial charge >= 0.3 is 0 Å². The maximum absolute atomic E-state index is 11.6. The highest BCUT2D eigenvalue weighted by Crippen LogP contribution is 2.26. The first-order valence-electron chi connectivity index (χ1n) is 9.57. The lowest BCUT2D eigenvalue weighted by Gasteiger charge is -2.37. The van der Waals surface area contributed by atoms with Gasteiger partial charge in [-0.3, -0.25) is 9.59 Å². The quantitative estimate of drug-likeness (QED) is 0.517. The van der Waals surface area contributed by atoms with Crippen LogP contribution in [0.1, 0.15) is 22.8 Å². The van der Waals surface area contributed by atoms with Crippen molar-refractivity contribution in [2.24, 2.45) is 5.73 Å². The van der Waals surface area contributed by atoms with Gasteiger partial charge < -0.3 is 20.5 Å². The van der Waals surface area contributed by atoms with Crippen molar-refractivity contribution in [1.82, 2.24) is 9.97 Å². The van der Waals surface area contributed by atoms with Crippen LogP contribution in [0, 0.1) is 0 Å². The molecule has 0 bridgehead atoms. The van der Waals surface area contributed by atoms with Crippen LogP contribution >= 0.6 is 0 Å². The molecule has 0 aliphatic carbocycles. The Hall–Kier alpha value is -3.61. The fraction of sp³-hybridized carbons (Fsp3) is 0.227. The molecule has 7 heteroatoms. The SMILES string of the molecule is CC(=O)c1cccc(N2CCN(c3cnc4[nH]cc(C=CC(N)=O)c4c3)CC2)c1. The van der Waals surface area contributed by atoms with E-state index >= 15 is 0 Å². The van der Waals surface area contributed by atoms with Crippen LogP contribution in [0.15, 0.2) is 48.8 Å². The van der Waals surface area contributed by atoms with Crippen molar-refractivity contribution in [2.75, 3.05) is 36.0 Å². The normalized spacial score (nSPS) is 14.7. The van der Waals surface area contributed by atoms with Crippen molar-refractivity contribution in [1.29, 1.82) is 0 Å². The number of anilines is 2. The second-order valence-electron chi connectivity index (χ2n) is 7.15. The third kappa shape index (κ3) is 3.99. The Balaban J connectivity index is 1.50. The molecule has 3 N–H and O–H groups in total. The van der Waals surface area contributed by atoms with Crippen LogP contribution in [-0.4, -0.2) is 47.8 Å². The Bertz CT molecular complexity index is 1090. The fourth-order valence-corrected chi connectivity index (χ4v) is 3.64. The maximum atomic E-state index is 11.6. The minimum absolute atomic E-state index is 0.0811. The van der Waals surface area contributed by atoms with E-state index in [0.717, 1.165) is 59.7 Å². The van der Waals surface area contributed by atoms with Crippen LogP contribution < -0.4 is 15.5 Å². The molecule has 0 radical (unpaired) electrons. The number of H-pyrrole nitrogens is 1. The molecule has 0 saturated carbocycles. The Kier molecular flexibility index (Phi) is 5.03. The fourth-order valence-electron chi connectivity index (χ4n) is 3.64. The van der Waals surface area contributed by atoms with Crippen molar-refractivity contribution < 1.29 is 9.59 Å². The summed E-state index contributed by atoms with van der Waals surface area (Å²) in [6, 6.07) is 9.88. The number of hydrogen-bond acceptors (Lipinski definition) is 5. The first-order chi connectivity index (χ1) is 14.0. The zero-order chi connectivity index (χ0) is 20.4. The molecule has 0 unspecified atom stereocenters. The van der Waals surface area contributed by atoms with Gasteiger partial charge in [-0.15, -0.1) is 0 Å². The van der Waals surface area contributed by atoms with E-state index < -0.39 is 5.91 Å². The molecule has 7 nitrogen and oxygen atoms in total. The predicted molar refractivity (Wildman–Crippen MR) is 115 cm³/mol. The van der Waals surface area contributed by atoms with E-state index in [1.165, 1.54) is 6.08 Å². The Morgan fingerprint density at radius 1 is 1.10 bits per heavy atom. The standard InChI is InChI=1S/C22H23N5O2/c1-15(28)16-3-2-4-18(11-16)26-7-9-27(10-8-26)19-12-20-17(5-6-21(23)29)13-24-22(20)25-14-19/h2-6,11-14H,7-10H2,1H3,(H2,23,29)(H,24,25). The molecule has 4 rings (SSSR count). The van der Waals surface area contributed by atoms with Gasteiger partial charge in [0.25, 0.3) is 0 Å². The van der Waals surface area contributed by atoms with Gasteiger partial charge in [0.05, 0.1) is 11.9 Å². The molecule has 1 aromatic carbocycles. The van der Waals surface area contributed by atoms with Gasteiger partial charge in [0, 0.05) is 60.7 Å². The molecule has 2 aromatic heterocycles. The summed E-state index contributed by atoms with van der Waals surface area (Å²) in [6.45, 7) is 5.03. The Morgan fingerprint density at radius 3 is 2.52 bits per heavy atom. The van der Waals surface area contributed by atoms with Gasteiger partial charge in [0.1, 0.15) is 5.65 Å². The second-order valence-corrected chi connectivity index (χ2v) is 7.15. The summed E-state index contributed by atoms with van der Waals surface area (Å²) in [5, 5.41) is 0.955. The summed E-state index contributed by atoms with van der Waals surface area (Å²) in [5.41, 5.74) is 9.72. The Labute approximate surface area is 168 Å². The van der Waals surface area contributed by atoms with Crippen molar-refractivity contribution >= 4 is 40.2 Å². The molecule has 0 atom stereocenters. The van der Waals surface area contributed by atoms with E-state index in [4.69, 9.17) is 5.73 Å². The summed E-state index contributed by atoms with van der Waals surface area (Å²) in [7, 11) is 0. The Morgan fingerprint density at radius 2 is 1.83 bits per heavy atom. The number of nitrogens with two attached hydrogens (primary N) is 1. The van der Waals surface area contributed by atoms with Crippen molar-refractivity contribution in [3.05, 3.63) is 59.9 Å². The molecular weight excluding hydrogens is 366 g/mol. The average molecular weight is 389 g/mol. The molecule has 1 saturated heterocycles. The topological polar surface area (TPSA) is 95.3 Å². The summed E-state index contributed by atoms with van der Waals surface area (Å²) >= 11 is 0. The number of primary amides is 1. The zero-order valence-corrected chi connectivity index (χ0v) is 16.3. The van der Waals surface area contributed by atoms with Gasteiger partial charge in [-0.25, -0.2) is 4.98 Å². The molecule has 1 fully saturated rings. The summed E-state index contributed by atoms with van der Waals surface area (Å²) < 4.78 is 0. The minimum atomic E-state index is -0.478. The molecule has 1 aliphatic heterocycles. The number of nitrogens with one attached hydrogen (secondary N) is 1. The third-order valence-corrected chi connectivity index (χ3v) is 5.24. The summed E-state index contributed by atoms with van der Waals surface area (Å²) in [5.74, 6) is -0.397. The number of Topliss-reactive ketones (excluding diaryl/α,β-unsaturated/α-hetero) is 1. The van der Waals surface area contributed by atoms with E-state index in [2.05, 4.69) is 25.8 Å². The van der Waals surface area contributed by atoms with Gasteiger partial charge in [-0.05, 0) is 31.2 Å². The average Bonchev–Trinajstić information content (AvgIpc) is 3.14. The number of hydrogen-bond donors (Lipinski definition) is 2. The first kappa shape index (κ1) is 18.7. The predicted octanol–water partition coefficient (Wildman–Crippen LogP) is 2.59. The molecule has 1 amide bonds. The maximum Gasteiger partial charge on any atom is 0.241 e. The highest BCUT2D eigenvalue weighted by molar-refractivity contribution is 5.96. The van der Waals surface area contributed by atoms with E-state index in [-0.39, 0.29) is 5.78 Å². The van der Waals surface area contributed by atoms with Crippen LogP contribution in [0.5, 0.6) is 0 Å². The number of rotatable bonds is 5.